The van der Waals surface area contributed by atoms with Crippen molar-refractivity contribution in [3.63, 3.8) is 0 Å². The summed E-state index contributed by atoms with van der Waals surface area (Å²) in [6.45, 7) is 0.270. The Hall–Kier alpha value is -1.78. The van der Waals surface area contributed by atoms with E-state index in [1.54, 1.807) is 0 Å². The van der Waals surface area contributed by atoms with Gasteiger partial charge in [-0.05, 0) is 12.1 Å². The van der Waals surface area contributed by atoms with Crippen LogP contribution in [-0.4, -0.2) is 64.8 Å². The highest BCUT2D eigenvalue weighted by Crippen LogP contribution is 2.25. The Kier molecular flexibility index (Phi) is 5.96. The van der Waals surface area contributed by atoms with Crippen molar-refractivity contribution in [3.8, 4) is 5.75 Å². The summed E-state index contributed by atoms with van der Waals surface area (Å²) >= 11 is 0. The fourth-order valence-electron chi connectivity index (χ4n) is 2.48. The van der Waals surface area contributed by atoms with Gasteiger partial charge in [-0.1, -0.05) is 0 Å². The van der Waals surface area contributed by atoms with Crippen LogP contribution in [0.2, 0.25) is 0 Å². The fraction of sp³-hybridized carbons (Fsp3) is 0.533. The maximum Gasteiger partial charge on any atom is 0.254 e. The molecular weight excluding hydrogens is 358 g/mol. The van der Waals surface area contributed by atoms with Crippen LogP contribution in [-0.2, 0) is 14.8 Å². The molecule has 0 unspecified atom stereocenters. The summed E-state index contributed by atoms with van der Waals surface area (Å²) in [5, 5.41) is 2.55. The molecule has 140 valence electrons. The van der Waals surface area contributed by atoms with Crippen molar-refractivity contribution in [3.05, 3.63) is 29.3 Å². The van der Waals surface area contributed by atoms with Gasteiger partial charge in [-0.3, -0.25) is 4.79 Å². The number of nitrogens with one attached hydrogen (secondary N) is 1. The summed E-state index contributed by atoms with van der Waals surface area (Å²) < 4.78 is 62.6. The van der Waals surface area contributed by atoms with Gasteiger partial charge in [-0.15, -0.1) is 0 Å². The van der Waals surface area contributed by atoms with Gasteiger partial charge in [0.25, 0.3) is 5.91 Å². The Bertz CT molecular complexity index is 755. The van der Waals surface area contributed by atoms with E-state index < -0.39 is 45.3 Å². The zero-order valence-corrected chi connectivity index (χ0v) is 14.9. The van der Waals surface area contributed by atoms with Crippen LogP contribution in [0.15, 0.2) is 12.1 Å². The second-order valence-electron chi connectivity index (χ2n) is 5.88. The van der Waals surface area contributed by atoms with E-state index in [9.17, 15) is 22.0 Å². The summed E-state index contributed by atoms with van der Waals surface area (Å²) in [6.07, 6.45) is 0. The number of hydrogen-bond donors (Lipinski definition) is 1. The first-order valence-corrected chi connectivity index (χ1v) is 9.09. The number of sulfonamides is 1. The van der Waals surface area contributed by atoms with Gasteiger partial charge >= 0.3 is 0 Å². The second-order valence-corrected chi connectivity index (χ2v) is 8.11. The third kappa shape index (κ3) is 4.25. The molecule has 1 aliphatic heterocycles. The summed E-state index contributed by atoms with van der Waals surface area (Å²) in [5.74, 6) is -4.16. The van der Waals surface area contributed by atoms with Crippen LogP contribution >= 0.6 is 0 Å². The van der Waals surface area contributed by atoms with E-state index in [0.717, 1.165) is 23.5 Å². The summed E-state index contributed by atoms with van der Waals surface area (Å²) in [6, 6.07) is 1.33. The summed E-state index contributed by atoms with van der Waals surface area (Å²) in [5.41, 5.74) is -0.389. The Balaban J connectivity index is 2.15. The fourth-order valence-corrected chi connectivity index (χ4v) is 3.65. The molecule has 0 spiro atoms. The van der Waals surface area contributed by atoms with Gasteiger partial charge in [0.05, 0.1) is 37.7 Å². The average molecular weight is 378 g/mol. The molecule has 0 aliphatic carbocycles. The van der Waals surface area contributed by atoms with E-state index in [0.29, 0.717) is 0 Å². The first-order valence-electron chi connectivity index (χ1n) is 7.48. The van der Waals surface area contributed by atoms with Gasteiger partial charge in [-0.25, -0.2) is 21.5 Å². The molecule has 7 nitrogen and oxygen atoms in total. The first-order chi connectivity index (χ1) is 11.7. The van der Waals surface area contributed by atoms with E-state index >= 15 is 0 Å². The number of ether oxygens (including phenoxy) is 2. The van der Waals surface area contributed by atoms with Crippen LogP contribution in [0.4, 0.5) is 8.78 Å². The molecule has 0 bridgehead atoms. The normalized spacial score (nSPS) is 20.7. The number of methoxy groups -OCH3 is 1. The molecule has 1 N–H and O–H groups in total. The van der Waals surface area contributed by atoms with Crippen LogP contribution < -0.4 is 10.1 Å². The third-order valence-corrected chi connectivity index (χ3v) is 5.96. The van der Waals surface area contributed by atoms with E-state index in [1.165, 1.54) is 14.1 Å². The molecule has 2 rings (SSSR count). The molecule has 0 radical (unpaired) electrons. The maximum atomic E-state index is 14.2. The van der Waals surface area contributed by atoms with Crippen molar-refractivity contribution in [1.29, 1.82) is 0 Å². The molecule has 0 saturated carbocycles. The summed E-state index contributed by atoms with van der Waals surface area (Å²) in [4.78, 5) is 12.3. The number of hydrogen-bond acceptors (Lipinski definition) is 5. The highest BCUT2D eigenvalue weighted by atomic mass is 32.2. The quantitative estimate of drug-likeness (QED) is 0.784. The van der Waals surface area contributed by atoms with Gasteiger partial charge in [0.15, 0.2) is 17.4 Å². The molecular formula is C15H20F2N2O5S. The molecule has 1 fully saturated rings. The van der Waals surface area contributed by atoms with Gasteiger partial charge in [-0.2, -0.15) is 0 Å². The van der Waals surface area contributed by atoms with Crippen molar-refractivity contribution in [2.24, 2.45) is 5.92 Å². The molecule has 1 aliphatic rings. The highest BCUT2D eigenvalue weighted by Gasteiger charge is 2.35. The standard InChI is InChI=1S/C15H20F2N2O5S/c1-19(2)25(21,22)8-9-6-24-7-12(9)18-15(20)10-4-5-11(16)14(23-3)13(10)17/h4-5,9,12H,6-8H2,1-3H3,(H,18,20)/t9-,12-/m0/s1. The minimum Gasteiger partial charge on any atom is -0.491 e. The van der Waals surface area contributed by atoms with Crippen LogP contribution in [0.5, 0.6) is 5.75 Å². The zero-order valence-electron chi connectivity index (χ0n) is 14.1. The molecule has 1 aromatic carbocycles. The lowest BCUT2D eigenvalue weighted by Gasteiger charge is -2.21. The number of rotatable bonds is 6. The minimum absolute atomic E-state index is 0.110. The molecule has 0 aromatic heterocycles. The lowest BCUT2D eigenvalue weighted by Crippen LogP contribution is -2.43. The van der Waals surface area contributed by atoms with Crippen LogP contribution in [0.1, 0.15) is 10.4 Å². The number of carbonyl (C=O) groups excluding carboxylic acids is 1. The van der Waals surface area contributed by atoms with Gasteiger partial charge in [0.1, 0.15) is 0 Å². The van der Waals surface area contributed by atoms with E-state index in [2.05, 4.69) is 10.1 Å². The van der Waals surface area contributed by atoms with Crippen LogP contribution in [0, 0.1) is 17.6 Å². The molecule has 1 aromatic rings. The molecule has 2 atom stereocenters. The van der Waals surface area contributed by atoms with E-state index in [-0.39, 0.29) is 24.5 Å². The van der Waals surface area contributed by atoms with Crippen LogP contribution in [0.3, 0.4) is 0 Å². The van der Waals surface area contributed by atoms with Crippen molar-refractivity contribution < 1.29 is 31.5 Å². The number of halogens is 2. The minimum atomic E-state index is -3.48. The smallest absolute Gasteiger partial charge is 0.254 e. The molecule has 10 heteroatoms. The van der Waals surface area contributed by atoms with E-state index in [4.69, 9.17) is 4.74 Å². The zero-order chi connectivity index (χ0) is 18.8. The summed E-state index contributed by atoms with van der Waals surface area (Å²) in [7, 11) is 0.443. The third-order valence-electron chi connectivity index (χ3n) is 3.99. The molecule has 25 heavy (non-hydrogen) atoms. The molecule has 1 saturated heterocycles. The maximum absolute atomic E-state index is 14.2. The van der Waals surface area contributed by atoms with Gasteiger partial charge < -0.3 is 14.8 Å². The predicted molar refractivity (Wildman–Crippen MR) is 85.9 cm³/mol. The largest absolute Gasteiger partial charge is 0.491 e. The SMILES string of the molecule is COc1c(F)ccc(C(=O)N[C@H]2COC[C@H]2CS(=O)(=O)N(C)C)c1F. The van der Waals surface area contributed by atoms with Gasteiger partial charge in [0, 0.05) is 20.0 Å². The Morgan fingerprint density at radius 1 is 1.36 bits per heavy atom. The number of nitrogens with zero attached hydrogens (tertiary/aromatic N) is 1. The lowest BCUT2D eigenvalue weighted by molar-refractivity contribution is 0.0921. The predicted octanol–water partition coefficient (Wildman–Crippen LogP) is 0.610. The van der Waals surface area contributed by atoms with Crippen LogP contribution in [0.25, 0.3) is 0 Å². The average Bonchev–Trinajstić information content (AvgIpc) is 2.93. The Labute approximate surface area is 145 Å². The number of amides is 1. The monoisotopic (exact) mass is 378 g/mol. The van der Waals surface area contributed by atoms with Crippen molar-refractivity contribution in [2.45, 2.75) is 6.04 Å². The molecule has 1 amide bonds. The highest BCUT2D eigenvalue weighted by molar-refractivity contribution is 7.89. The topological polar surface area (TPSA) is 84.9 Å². The number of carbonyl (C=O) groups is 1. The van der Waals surface area contributed by atoms with Crippen molar-refractivity contribution in [2.75, 3.05) is 40.2 Å². The molecule has 1 heterocycles. The Morgan fingerprint density at radius 2 is 2.04 bits per heavy atom. The van der Waals surface area contributed by atoms with Gasteiger partial charge in [0.2, 0.25) is 10.0 Å². The van der Waals surface area contributed by atoms with Crippen molar-refractivity contribution >= 4 is 15.9 Å². The van der Waals surface area contributed by atoms with Crippen molar-refractivity contribution in [1.82, 2.24) is 9.62 Å². The first kappa shape index (κ1) is 19.5. The number of benzene rings is 1. The van der Waals surface area contributed by atoms with E-state index in [1.807, 2.05) is 0 Å². The lowest BCUT2D eigenvalue weighted by atomic mass is 10.1. The Morgan fingerprint density at radius 3 is 2.64 bits per heavy atom. The second kappa shape index (κ2) is 7.63.